The fourth-order valence-corrected chi connectivity index (χ4v) is 3.47. The first-order valence-corrected chi connectivity index (χ1v) is 10.2. The molecule has 142 valence electrons. The molecule has 1 heterocycles. The van der Waals surface area contributed by atoms with Crippen molar-refractivity contribution in [2.75, 3.05) is 13.3 Å². The Balaban J connectivity index is 2.04. The minimum atomic E-state index is -3.21. The molecule has 0 bridgehead atoms. The zero-order chi connectivity index (χ0) is 19.3. The zero-order valence-electron chi connectivity index (χ0n) is 15.4. The molecule has 0 spiro atoms. The van der Waals surface area contributed by atoms with Gasteiger partial charge in [0.05, 0.1) is 5.75 Å². The molecule has 0 fully saturated rings. The Morgan fingerprint density at radius 3 is 2.31 bits per heavy atom. The van der Waals surface area contributed by atoms with E-state index in [2.05, 4.69) is 15.6 Å². The molecule has 2 rings (SSSR count). The highest BCUT2D eigenvalue weighted by Crippen LogP contribution is 2.15. The summed E-state index contributed by atoms with van der Waals surface area (Å²) in [5.74, 6) is 1.66. The van der Waals surface area contributed by atoms with Crippen molar-refractivity contribution in [3.8, 4) is 0 Å². The van der Waals surface area contributed by atoms with Gasteiger partial charge in [-0.1, -0.05) is 6.07 Å². The highest BCUT2D eigenvalue weighted by Gasteiger charge is 2.11. The van der Waals surface area contributed by atoms with Gasteiger partial charge in [-0.3, -0.25) is 4.99 Å². The molecular formula is C18H24FN3O3S. The highest BCUT2D eigenvalue weighted by molar-refractivity contribution is 7.89. The molecule has 0 amide bonds. The lowest BCUT2D eigenvalue weighted by molar-refractivity contribution is 0.500. The number of rotatable bonds is 6. The van der Waals surface area contributed by atoms with Crippen LogP contribution in [0.4, 0.5) is 4.39 Å². The Kier molecular flexibility index (Phi) is 6.42. The van der Waals surface area contributed by atoms with Gasteiger partial charge in [-0.2, -0.15) is 0 Å². The number of guanidine groups is 1. The molecule has 0 atom stereocenters. The van der Waals surface area contributed by atoms with Gasteiger partial charge < -0.3 is 15.1 Å². The van der Waals surface area contributed by atoms with Crippen LogP contribution in [0.15, 0.2) is 33.7 Å². The van der Waals surface area contributed by atoms with Crippen molar-refractivity contribution in [3.05, 3.63) is 58.3 Å². The predicted molar refractivity (Wildman–Crippen MR) is 100 cm³/mol. The van der Waals surface area contributed by atoms with E-state index in [9.17, 15) is 12.8 Å². The van der Waals surface area contributed by atoms with E-state index in [4.69, 9.17) is 4.42 Å². The molecule has 8 heteroatoms. The molecule has 0 unspecified atom stereocenters. The number of furan rings is 1. The second-order valence-electron chi connectivity index (χ2n) is 6.20. The largest absolute Gasteiger partial charge is 0.466 e. The minimum absolute atomic E-state index is 0.135. The lowest BCUT2D eigenvalue weighted by Gasteiger charge is -2.14. The Bertz CT molecular complexity index is 904. The van der Waals surface area contributed by atoms with Crippen molar-refractivity contribution in [1.29, 1.82) is 0 Å². The summed E-state index contributed by atoms with van der Waals surface area (Å²) < 4.78 is 42.2. The van der Waals surface area contributed by atoms with Crippen LogP contribution in [-0.2, 0) is 28.7 Å². The van der Waals surface area contributed by atoms with Gasteiger partial charge in [0, 0.05) is 32.0 Å². The molecule has 2 N–H and O–H groups in total. The van der Waals surface area contributed by atoms with Crippen LogP contribution in [0.3, 0.4) is 0 Å². The van der Waals surface area contributed by atoms with E-state index in [0.29, 0.717) is 23.6 Å². The molecule has 0 aliphatic carbocycles. The summed E-state index contributed by atoms with van der Waals surface area (Å²) in [6.45, 7) is 4.56. The van der Waals surface area contributed by atoms with Crippen molar-refractivity contribution in [3.63, 3.8) is 0 Å². The van der Waals surface area contributed by atoms with E-state index in [1.165, 1.54) is 18.2 Å². The van der Waals surface area contributed by atoms with Crippen LogP contribution < -0.4 is 10.6 Å². The van der Waals surface area contributed by atoms with Crippen LogP contribution in [0, 0.1) is 19.7 Å². The number of nitrogens with zero attached hydrogens (tertiary/aromatic N) is 1. The summed E-state index contributed by atoms with van der Waals surface area (Å²) >= 11 is 0. The van der Waals surface area contributed by atoms with E-state index in [-0.39, 0.29) is 12.3 Å². The average Bonchev–Trinajstić information content (AvgIpc) is 2.86. The van der Waals surface area contributed by atoms with Gasteiger partial charge in [-0.15, -0.1) is 0 Å². The second-order valence-corrected chi connectivity index (χ2v) is 8.34. The van der Waals surface area contributed by atoms with Gasteiger partial charge in [-0.05, 0) is 43.2 Å². The Labute approximate surface area is 153 Å². The van der Waals surface area contributed by atoms with Crippen LogP contribution in [0.25, 0.3) is 0 Å². The molecule has 0 saturated heterocycles. The molecule has 26 heavy (non-hydrogen) atoms. The van der Waals surface area contributed by atoms with Crippen molar-refractivity contribution in [1.82, 2.24) is 10.6 Å². The first kappa shape index (κ1) is 20.0. The number of aliphatic imine (C=N–C) groups is 1. The second kappa shape index (κ2) is 8.35. The molecule has 2 aromatic rings. The topological polar surface area (TPSA) is 83.7 Å². The quantitative estimate of drug-likeness (QED) is 0.593. The smallest absolute Gasteiger partial charge is 0.191 e. The molecule has 1 aromatic heterocycles. The Morgan fingerprint density at radius 1 is 1.12 bits per heavy atom. The van der Waals surface area contributed by atoms with Crippen LogP contribution in [0.1, 0.15) is 28.2 Å². The number of hydrogen-bond donors (Lipinski definition) is 2. The number of benzene rings is 1. The van der Waals surface area contributed by atoms with Gasteiger partial charge in [0.15, 0.2) is 15.8 Å². The van der Waals surface area contributed by atoms with E-state index in [1.54, 1.807) is 7.05 Å². The zero-order valence-corrected chi connectivity index (χ0v) is 16.2. The highest BCUT2D eigenvalue weighted by atomic mass is 32.2. The fourth-order valence-electron chi connectivity index (χ4n) is 2.62. The van der Waals surface area contributed by atoms with Crippen LogP contribution in [-0.4, -0.2) is 27.7 Å². The summed E-state index contributed by atoms with van der Waals surface area (Å²) in [6, 6.07) is 6.05. The van der Waals surface area contributed by atoms with Gasteiger partial charge in [0.1, 0.15) is 17.3 Å². The third-order valence-electron chi connectivity index (χ3n) is 3.85. The lowest BCUT2D eigenvalue weighted by Crippen LogP contribution is -2.36. The number of nitrogens with one attached hydrogen (secondary N) is 2. The van der Waals surface area contributed by atoms with Crippen LogP contribution in [0.2, 0.25) is 0 Å². The number of halogens is 1. The van der Waals surface area contributed by atoms with E-state index in [1.807, 2.05) is 19.9 Å². The number of sulfone groups is 1. The molecule has 0 aliphatic rings. The predicted octanol–water partition coefficient (Wildman–Crippen LogP) is 2.45. The van der Waals surface area contributed by atoms with Crippen LogP contribution in [0.5, 0.6) is 0 Å². The first-order valence-electron chi connectivity index (χ1n) is 8.13. The van der Waals surface area contributed by atoms with Crippen molar-refractivity contribution in [2.24, 2.45) is 4.99 Å². The average molecular weight is 381 g/mol. The maximum Gasteiger partial charge on any atom is 0.191 e. The molecule has 0 aliphatic heterocycles. The maximum absolute atomic E-state index is 13.6. The van der Waals surface area contributed by atoms with Gasteiger partial charge in [0.2, 0.25) is 0 Å². The third-order valence-corrected chi connectivity index (χ3v) is 4.68. The van der Waals surface area contributed by atoms with E-state index < -0.39 is 15.7 Å². The minimum Gasteiger partial charge on any atom is -0.466 e. The molecule has 6 nitrogen and oxygen atoms in total. The molecular weight excluding hydrogens is 357 g/mol. The number of aryl methyl sites for hydroxylation is 2. The summed E-state index contributed by atoms with van der Waals surface area (Å²) in [5, 5.41) is 6.24. The third kappa shape index (κ3) is 5.87. The summed E-state index contributed by atoms with van der Waals surface area (Å²) in [6.07, 6.45) is 1.16. The summed E-state index contributed by atoms with van der Waals surface area (Å²) in [7, 11) is -1.58. The monoisotopic (exact) mass is 381 g/mol. The van der Waals surface area contributed by atoms with Gasteiger partial charge in [-0.25, -0.2) is 12.8 Å². The van der Waals surface area contributed by atoms with Crippen LogP contribution >= 0.6 is 0 Å². The summed E-state index contributed by atoms with van der Waals surface area (Å²) in [5.41, 5.74) is 2.17. The molecule has 0 radical (unpaired) electrons. The Morgan fingerprint density at radius 2 is 1.77 bits per heavy atom. The summed E-state index contributed by atoms with van der Waals surface area (Å²) in [4.78, 5) is 4.13. The maximum atomic E-state index is 13.6. The van der Waals surface area contributed by atoms with Gasteiger partial charge >= 0.3 is 0 Å². The standard InChI is InChI=1S/C18H24FN3O3S/c1-12-7-15(13(2)25-12)9-21-18(20-3)22-10-16-8-17(19)6-5-14(16)11-26(4,23)24/h5-8H,9-11H2,1-4H3,(H2,20,21,22). The normalized spacial score (nSPS) is 12.3. The fraction of sp³-hybridized carbons (Fsp3) is 0.389. The first-order chi connectivity index (χ1) is 12.2. The van der Waals surface area contributed by atoms with E-state index in [0.717, 1.165) is 23.3 Å². The number of hydrogen-bond acceptors (Lipinski definition) is 4. The van der Waals surface area contributed by atoms with Gasteiger partial charge in [0.25, 0.3) is 0 Å². The SMILES string of the molecule is CN=C(NCc1cc(F)ccc1CS(C)(=O)=O)NCc1cc(C)oc1C. The molecule has 1 aromatic carbocycles. The Hall–Kier alpha value is -2.35. The molecule has 0 saturated carbocycles. The van der Waals surface area contributed by atoms with Crippen molar-refractivity contribution >= 4 is 15.8 Å². The van der Waals surface area contributed by atoms with E-state index >= 15 is 0 Å². The van der Waals surface area contributed by atoms with Crippen molar-refractivity contribution < 1.29 is 17.2 Å². The van der Waals surface area contributed by atoms with Crippen molar-refractivity contribution in [2.45, 2.75) is 32.7 Å². The lowest BCUT2D eigenvalue weighted by atomic mass is 10.1.